The van der Waals surface area contributed by atoms with E-state index in [9.17, 15) is 39.2 Å². The number of fused-ring (bicyclic) bond motifs is 6. The molecule has 6 rings (SSSR count). The van der Waals surface area contributed by atoms with Gasteiger partial charge in [0, 0.05) is 120 Å². The van der Waals surface area contributed by atoms with Crippen LogP contribution in [-0.2, 0) is 64.6 Å². The lowest BCUT2D eigenvalue weighted by molar-refractivity contribution is -0.438. The van der Waals surface area contributed by atoms with Crippen molar-refractivity contribution in [2.75, 3.05) is 43.1 Å². The molecular formula is C47H58N3O15S5+. The fourth-order valence-electron chi connectivity index (χ4n) is 9.39. The van der Waals surface area contributed by atoms with Gasteiger partial charge in [-0.15, -0.1) is 8.67 Å². The van der Waals surface area contributed by atoms with Gasteiger partial charge in [0.05, 0.1) is 15.2 Å². The van der Waals surface area contributed by atoms with Gasteiger partial charge in [0.15, 0.2) is 5.71 Å². The first-order chi connectivity index (χ1) is 32.9. The molecule has 4 aromatic carbocycles. The SMILES string of the molecule is CC(C)C(=O)CCCN(C)S(=O)(=O)c1cccc2c3c(ccc12)[N+](CCCSOOO)=C(/C=C/C=C/C=C1/N(CCCSOOO)c2ccc4c(S(=O)(=O)O)cc(S(=O)(=O)O)cc4c2C1(C)C)C3(C)C. The minimum absolute atomic E-state index is 0.0595. The number of anilines is 1. The molecular weight excluding hydrogens is 1010 g/mol. The van der Waals surface area contributed by atoms with Crippen LogP contribution >= 0.6 is 24.1 Å². The second-order valence-electron chi connectivity index (χ2n) is 18.2. The van der Waals surface area contributed by atoms with Crippen molar-refractivity contribution >= 4 is 98.8 Å². The van der Waals surface area contributed by atoms with Gasteiger partial charge in [0.25, 0.3) is 20.2 Å². The zero-order chi connectivity index (χ0) is 51.4. The summed E-state index contributed by atoms with van der Waals surface area (Å²) in [6, 6.07) is 14.1. The Labute approximate surface area is 417 Å². The largest absolute Gasteiger partial charge is 0.344 e. The minimum Gasteiger partial charge on any atom is -0.344 e. The molecule has 2 aliphatic rings. The third-order valence-electron chi connectivity index (χ3n) is 12.7. The molecule has 0 unspecified atom stereocenters. The summed E-state index contributed by atoms with van der Waals surface area (Å²) >= 11 is 1.82. The summed E-state index contributed by atoms with van der Waals surface area (Å²) in [6.45, 7) is 12.7. The summed E-state index contributed by atoms with van der Waals surface area (Å²) in [5, 5.41) is 26.4. The second-order valence-corrected chi connectivity index (χ2v) is 24.5. The van der Waals surface area contributed by atoms with E-state index < -0.39 is 50.9 Å². The lowest BCUT2D eigenvalue weighted by Crippen LogP contribution is -2.29. The van der Waals surface area contributed by atoms with Crippen molar-refractivity contribution in [1.82, 2.24) is 4.31 Å². The number of nitrogens with zero attached hydrogens (tertiary/aromatic N) is 3. The molecule has 0 atom stereocenters. The molecule has 0 amide bonds. The van der Waals surface area contributed by atoms with E-state index in [-0.39, 0.29) is 40.3 Å². The molecule has 0 bridgehead atoms. The number of sulfonamides is 1. The van der Waals surface area contributed by atoms with E-state index in [1.54, 1.807) is 18.2 Å². The molecule has 70 heavy (non-hydrogen) atoms. The average Bonchev–Trinajstić information content (AvgIpc) is 3.65. The van der Waals surface area contributed by atoms with E-state index in [1.165, 1.54) is 23.5 Å². The van der Waals surface area contributed by atoms with Crippen molar-refractivity contribution in [2.45, 2.75) is 92.7 Å². The highest BCUT2D eigenvalue weighted by Gasteiger charge is 2.46. The fraction of sp³-hybridized carbons (Fsp3) is 0.404. The van der Waals surface area contributed by atoms with Gasteiger partial charge in [-0.2, -0.15) is 21.4 Å². The molecule has 2 heterocycles. The summed E-state index contributed by atoms with van der Waals surface area (Å²) in [5.74, 6) is 0.817. The highest BCUT2D eigenvalue weighted by Crippen LogP contribution is 2.52. The summed E-state index contributed by atoms with van der Waals surface area (Å²) in [6.07, 6.45) is 11.2. The molecule has 18 nitrogen and oxygen atoms in total. The quantitative estimate of drug-likeness (QED) is 0.00971. The molecule has 0 saturated carbocycles. The van der Waals surface area contributed by atoms with Gasteiger partial charge in [-0.1, -0.05) is 74.2 Å². The number of ketones is 1. The summed E-state index contributed by atoms with van der Waals surface area (Å²) < 4.78 is 111. The van der Waals surface area contributed by atoms with Gasteiger partial charge >= 0.3 is 0 Å². The fourth-order valence-corrected chi connectivity index (χ4v) is 12.9. The molecule has 4 N–H and O–H groups in total. The van der Waals surface area contributed by atoms with Crippen LogP contribution in [0.5, 0.6) is 0 Å². The van der Waals surface area contributed by atoms with Gasteiger partial charge in [0.2, 0.25) is 15.7 Å². The standard InChI is InChI=1S/C47H57N3O15S5/c1-31(2)39(51)16-12-24-48(7)68(54,55)40-17-11-15-35-33(40)20-22-37-44(35)46(3,4)42(49(37)25-13-27-66-64-62-52)18-9-8-10-19-43-47(5,6)45-36-29-32(69(56,57)58)30-41(70(59,60)61)34(36)21-23-38(45)50(43)26-14-28-67-65-63-53/h8-11,15,17-23,29-31H,12-14,16,24-28H2,1-7H3,(H3-,52,53,56,57,58,59,60,61)/p+1. The van der Waals surface area contributed by atoms with E-state index in [1.807, 2.05) is 81.2 Å². The minimum atomic E-state index is -4.95. The highest BCUT2D eigenvalue weighted by atomic mass is 32.2. The summed E-state index contributed by atoms with van der Waals surface area (Å²) in [4.78, 5) is 13.1. The van der Waals surface area contributed by atoms with Crippen LogP contribution in [0.1, 0.15) is 78.4 Å². The van der Waals surface area contributed by atoms with Crippen molar-refractivity contribution in [3.63, 3.8) is 0 Å². The Bertz CT molecular complexity index is 3110. The Morgan fingerprint density at radius 2 is 1.43 bits per heavy atom. The highest BCUT2D eigenvalue weighted by molar-refractivity contribution is 7.94. The van der Waals surface area contributed by atoms with Gasteiger partial charge in [-0.05, 0) is 79.4 Å². The number of allylic oxidation sites excluding steroid dienone is 6. The predicted octanol–water partition coefficient (Wildman–Crippen LogP) is 9.20. The number of carbonyl (C=O) groups excluding carboxylic acids is 1. The van der Waals surface area contributed by atoms with E-state index >= 15 is 0 Å². The van der Waals surface area contributed by atoms with Gasteiger partial charge < -0.3 is 4.90 Å². The summed E-state index contributed by atoms with van der Waals surface area (Å²) in [7, 11) is -12.3. The monoisotopic (exact) mass is 1060 g/mol. The maximum absolute atomic E-state index is 14.1. The van der Waals surface area contributed by atoms with Crippen molar-refractivity contribution in [3.05, 3.63) is 102 Å². The molecule has 0 saturated heterocycles. The molecule has 380 valence electrons. The number of hydrogen-bond donors (Lipinski definition) is 4. The number of Topliss-reactive ketones (excluding diaryl/α,β-unsaturated/α-hetero) is 1. The third-order valence-corrected chi connectivity index (χ3v) is 17.5. The predicted molar refractivity (Wildman–Crippen MR) is 270 cm³/mol. The van der Waals surface area contributed by atoms with Crippen LogP contribution in [-0.4, -0.2) is 103 Å². The van der Waals surface area contributed by atoms with Crippen LogP contribution < -0.4 is 4.90 Å². The molecule has 0 aromatic heterocycles. The van der Waals surface area contributed by atoms with Crippen LogP contribution in [0.4, 0.5) is 11.4 Å². The second kappa shape index (κ2) is 22.4. The van der Waals surface area contributed by atoms with Crippen molar-refractivity contribution in [3.8, 4) is 0 Å². The Morgan fingerprint density at radius 1 is 0.771 bits per heavy atom. The summed E-state index contributed by atoms with van der Waals surface area (Å²) in [5.41, 5.74) is 3.09. The topological polar surface area (TPSA) is 247 Å². The normalized spacial score (nSPS) is 16.6. The maximum atomic E-state index is 14.1. The Morgan fingerprint density at radius 3 is 2.07 bits per heavy atom. The van der Waals surface area contributed by atoms with E-state index in [2.05, 4.69) is 37.2 Å². The van der Waals surface area contributed by atoms with E-state index in [4.69, 9.17) is 10.5 Å². The smallest absolute Gasteiger partial charge is 0.295 e. The molecule has 0 aliphatic carbocycles. The number of rotatable bonds is 24. The van der Waals surface area contributed by atoms with Gasteiger partial charge in [0.1, 0.15) is 17.2 Å². The van der Waals surface area contributed by atoms with Crippen LogP contribution in [0, 0.1) is 5.92 Å². The first kappa shape index (κ1) is 55.3. The zero-order valence-corrected chi connectivity index (χ0v) is 43.8. The van der Waals surface area contributed by atoms with Crippen LogP contribution in [0.2, 0.25) is 0 Å². The number of hydrogen-bond acceptors (Lipinski definition) is 16. The molecule has 4 aromatic rings. The van der Waals surface area contributed by atoms with Crippen LogP contribution in [0.15, 0.2) is 105 Å². The number of carbonyl (C=O) groups is 1. The van der Waals surface area contributed by atoms with E-state index in [0.29, 0.717) is 60.5 Å². The average molecular weight is 1070 g/mol. The van der Waals surface area contributed by atoms with Gasteiger partial charge in [-0.3, -0.25) is 13.9 Å². The van der Waals surface area contributed by atoms with Crippen LogP contribution in [0.25, 0.3) is 21.5 Å². The lowest BCUT2D eigenvalue weighted by atomic mass is 9.79. The first-order valence-electron chi connectivity index (χ1n) is 22.2. The van der Waals surface area contributed by atoms with E-state index in [0.717, 1.165) is 58.2 Å². The van der Waals surface area contributed by atoms with Gasteiger partial charge in [-0.25, -0.2) is 23.2 Å². The molecule has 23 heteroatoms. The molecule has 0 fully saturated rings. The molecule has 0 spiro atoms. The number of benzene rings is 4. The van der Waals surface area contributed by atoms with Crippen molar-refractivity contribution in [1.29, 1.82) is 0 Å². The first-order valence-corrected chi connectivity index (χ1v) is 28.3. The molecule has 0 radical (unpaired) electrons. The Balaban J connectivity index is 1.39. The Kier molecular flexibility index (Phi) is 17.7. The van der Waals surface area contributed by atoms with Crippen molar-refractivity contribution in [2.24, 2.45) is 5.92 Å². The Hall–Kier alpha value is -4.05. The van der Waals surface area contributed by atoms with Crippen molar-refractivity contribution < 1.29 is 73.0 Å². The zero-order valence-electron chi connectivity index (χ0n) is 39.7. The van der Waals surface area contributed by atoms with Crippen LogP contribution in [0.3, 0.4) is 0 Å². The molecule has 2 aliphatic heterocycles. The third kappa shape index (κ3) is 11.6. The lowest BCUT2D eigenvalue weighted by Gasteiger charge is -2.27. The maximum Gasteiger partial charge on any atom is 0.295 e.